The van der Waals surface area contributed by atoms with Gasteiger partial charge in [-0.25, -0.2) is 9.07 Å². The Morgan fingerprint density at radius 2 is 1.75 bits per heavy atom. The summed E-state index contributed by atoms with van der Waals surface area (Å²) in [6, 6.07) is 15.1. The predicted octanol–water partition coefficient (Wildman–Crippen LogP) is 3.95. The summed E-state index contributed by atoms with van der Waals surface area (Å²) in [5.41, 5.74) is 1.80. The first-order valence-corrected chi connectivity index (χ1v) is 10.8. The normalized spacial score (nSPS) is 15.3. The van der Waals surface area contributed by atoms with E-state index in [4.69, 9.17) is 4.74 Å². The molecule has 1 aliphatic rings. The fourth-order valence-corrected chi connectivity index (χ4v) is 4.20. The van der Waals surface area contributed by atoms with E-state index in [-0.39, 0.29) is 24.3 Å². The minimum Gasteiger partial charge on any atom is -0.497 e. The van der Waals surface area contributed by atoms with Crippen LogP contribution in [-0.2, 0) is 6.54 Å². The molecule has 172 valence electrons. The summed E-state index contributed by atoms with van der Waals surface area (Å²) in [5, 5.41) is 12.6. The SMILES string of the molecule is CCCC(c1nnnn1Cc1ccc(OC)cc1)N1CCN(c2ccccc2F)CC1.Cl. The molecular formula is C23H30ClFN6O. The lowest BCUT2D eigenvalue weighted by Crippen LogP contribution is -2.48. The van der Waals surface area contributed by atoms with E-state index in [2.05, 4.69) is 32.2 Å². The number of ether oxygens (including phenoxy) is 1. The molecule has 7 nitrogen and oxygen atoms in total. The minimum atomic E-state index is -0.163. The topological polar surface area (TPSA) is 59.3 Å². The van der Waals surface area contributed by atoms with Crippen LogP contribution in [0.2, 0.25) is 0 Å². The number of hydrogen-bond acceptors (Lipinski definition) is 6. The first kappa shape index (κ1) is 23.9. The van der Waals surface area contributed by atoms with Crippen molar-refractivity contribution in [3.05, 3.63) is 65.7 Å². The molecule has 1 saturated heterocycles. The van der Waals surface area contributed by atoms with Gasteiger partial charge in [-0.05, 0) is 46.7 Å². The van der Waals surface area contributed by atoms with Crippen molar-refractivity contribution in [1.29, 1.82) is 0 Å². The molecule has 2 heterocycles. The van der Waals surface area contributed by atoms with Gasteiger partial charge in [-0.2, -0.15) is 0 Å². The van der Waals surface area contributed by atoms with Crippen LogP contribution in [0.1, 0.15) is 37.2 Å². The van der Waals surface area contributed by atoms with Crippen LogP contribution in [0.3, 0.4) is 0 Å². The van der Waals surface area contributed by atoms with E-state index in [1.54, 1.807) is 13.2 Å². The molecule has 1 unspecified atom stereocenters. The summed E-state index contributed by atoms with van der Waals surface area (Å²) in [7, 11) is 1.66. The predicted molar refractivity (Wildman–Crippen MR) is 125 cm³/mol. The molecule has 1 aliphatic heterocycles. The fourth-order valence-electron chi connectivity index (χ4n) is 4.20. The first-order valence-electron chi connectivity index (χ1n) is 10.8. The summed E-state index contributed by atoms with van der Waals surface area (Å²) in [6.45, 7) is 6.03. The Bertz CT molecular complexity index is 975. The zero-order valence-electron chi connectivity index (χ0n) is 18.5. The van der Waals surface area contributed by atoms with Crippen LogP contribution in [0.4, 0.5) is 10.1 Å². The third-order valence-corrected chi connectivity index (χ3v) is 5.86. The average Bonchev–Trinajstić information content (AvgIpc) is 3.26. The molecule has 1 fully saturated rings. The number of para-hydroxylation sites is 1. The Morgan fingerprint density at radius 3 is 2.41 bits per heavy atom. The van der Waals surface area contributed by atoms with Crippen LogP contribution in [-0.4, -0.2) is 58.4 Å². The third kappa shape index (κ3) is 5.37. The molecule has 0 aliphatic carbocycles. The number of aromatic nitrogens is 4. The fraction of sp³-hybridized carbons (Fsp3) is 0.435. The van der Waals surface area contributed by atoms with Crippen LogP contribution < -0.4 is 9.64 Å². The van der Waals surface area contributed by atoms with Crippen molar-refractivity contribution in [3.63, 3.8) is 0 Å². The molecule has 0 amide bonds. The number of tetrazole rings is 1. The highest BCUT2D eigenvalue weighted by Crippen LogP contribution is 2.28. The molecule has 0 radical (unpaired) electrons. The lowest BCUT2D eigenvalue weighted by atomic mass is 10.1. The van der Waals surface area contributed by atoms with E-state index in [0.717, 1.165) is 56.2 Å². The quantitative estimate of drug-likeness (QED) is 0.507. The highest BCUT2D eigenvalue weighted by molar-refractivity contribution is 5.85. The second kappa shape index (κ2) is 11.2. The zero-order valence-corrected chi connectivity index (χ0v) is 19.3. The molecular weight excluding hydrogens is 431 g/mol. The summed E-state index contributed by atoms with van der Waals surface area (Å²) in [5.74, 6) is 1.55. The van der Waals surface area contributed by atoms with Gasteiger partial charge in [-0.15, -0.1) is 17.5 Å². The maximum absolute atomic E-state index is 14.2. The number of benzene rings is 2. The minimum absolute atomic E-state index is 0. The van der Waals surface area contributed by atoms with E-state index in [1.807, 2.05) is 41.1 Å². The highest BCUT2D eigenvalue weighted by Gasteiger charge is 2.29. The molecule has 0 spiro atoms. The first-order chi connectivity index (χ1) is 15.2. The van der Waals surface area contributed by atoms with Gasteiger partial charge in [0.1, 0.15) is 11.6 Å². The summed E-state index contributed by atoms with van der Waals surface area (Å²) in [4.78, 5) is 4.55. The molecule has 2 aromatic carbocycles. The second-order valence-electron chi connectivity index (χ2n) is 7.82. The standard InChI is InChI=1S/C23H29FN6O.ClH/c1-3-6-22(29-15-13-28(14-16-29)21-8-5-4-7-20(21)24)23-25-26-27-30(23)17-18-9-11-19(31-2)12-10-18;/h4-5,7-12,22H,3,6,13-17H2,1-2H3;1H. The summed E-state index contributed by atoms with van der Waals surface area (Å²) in [6.07, 6.45) is 2.01. The van der Waals surface area contributed by atoms with Crippen LogP contribution in [0.5, 0.6) is 5.75 Å². The number of halogens is 2. The van der Waals surface area contributed by atoms with Crippen LogP contribution in [0.25, 0.3) is 0 Å². The lowest BCUT2D eigenvalue weighted by Gasteiger charge is -2.39. The van der Waals surface area contributed by atoms with E-state index < -0.39 is 0 Å². The van der Waals surface area contributed by atoms with Crippen molar-refractivity contribution in [1.82, 2.24) is 25.1 Å². The zero-order chi connectivity index (χ0) is 21.6. The smallest absolute Gasteiger partial charge is 0.168 e. The number of methoxy groups -OCH3 is 1. The van der Waals surface area contributed by atoms with Crippen LogP contribution in [0, 0.1) is 5.82 Å². The van der Waals surface area contributed by atoms with Gasteiger partial charge in [-0.1, -0.05) is 37.6 Å². The van der Waals surface area contributed by atoms with Gasteiger partial charge < -0.3 is 9.64 Å². The Morgan fingerprint density at radius 1 is 1.03 bits per heavy atom. The maximum atomic E-state index is 14.2. The Kier molecular flexibility index (Phi) is 8.41. The molecule has 4 rings (SSSR count). The number of rotatable bonds is 8. The number of hydrogen-bond donors (Lipinski definition) is 0. The van der Waals surface area contributed by atoms with Crippen molar-refractivity contribution >= 4 is 18.1 Å². The van der Waals surface area contributed by atoms with Gasteiger partial charge in [0.05, 0.1) is 25.4 Å². The molecule has 0 N–H and O–H groups in total. The molecule has 32 heavy (non-hydrogen) atoms. The van der Waals surface area contributed by atoms with Crippen molar-refractivity contribution in [2.75, 3.05) is 38.2 Å². The van der Waals surface area contributed by atoms with Gasteiger partial charge in [0.15, 0.2) is 5.82 Å². The molecule has 0 saturated carbocycles. The lowest BCUT2D eigenvalue weighted by molar-refractivity contribution is 0.164. The van der Waals surface area contributed by atoms with E-state index >= 15 is 0 Å². The second-order valence-corrected chi connectivity index (χ2v) is 7.82. The highest BCUT2D eigenvalue weighted by atomic mass is 35.5. The maximum Gasteiger partial charge on any atom is 0.168 e. The van der Waals surface area contributed by atoms with Crippen LogP contribution >= 0.6 is 12.4 Å². The van der Waals surface area contributed by atoms with Gasteiger partial charge in [0, 0.05) is 26.2 Å². The summed E-state index contributed by atoms with van der Waals surface area (Å²) >= 11 is 0. The monoisotopic (exact) mass is 460 g/mol. The van der Waals surface area contributed by atoms with Gasteiger partial charge in [-0.3, -0.25) is 4.90 Å². The number of piperazine rings is 1. The molecule has 0 bridgehead atoms. The van der Waals surface area contributed by atoms with Gasteiger partial charge >= 0.3 is 0 Å². The molecule has 1 atom stereocenters. The largest absolute Gasteiger partial charge is 0.497 e. The molecule has 3 aromatic rings. The van der Waals surface area contributed by atoms with E-state index in [0.29, 0.717) is 12.2 Å². The van der Waals surface area contributed by atoms with E-state index in [1.165, 1.54) is 6.07 Å². The van der Waals surface area contributed by atoms with Crippen molar-refractivity contribution in [3.8, 4) is 5.75 Å². The average molecular weight is 461 g/mol. The Hall–Kier alpha value is -2.71. The summed E-state index contributed by atoms with van der Waals surface area (Å²) < 4.78 is 21.3. The van der Waals surface area contributed by atoms with Gasteiger partial charge in [0.2, 0.25) is 0 Å². The number of nitrogens with zero attached hydrogens (tertiary/aromatic N) is 6. The Balaban J connectivity index is 0.00000289. The van der Waals surface area contributed by atoms with Crippen molar-refractivity contribution < 1.29 is 9.13 Å². The number of anilines is 1. The molecule has 1 aromatic heterocycles. The van der Waals surface area contributed by atoms with Crippen molar-refractivity contribution in [2.45, 2.75) is 32.4 Å². The molecule has 9 heteroatoms. The Labute approximate surface area is 194 Å². The van der Waals surface area contributed by atoms with Gasteiger partial charge in [0.25, 0.3) is 0 Å². The van der Waals surface area contributed by atoms with Crippen molar-refractivity contribution in [2.24, 2.45) is 0 Å². The van der Waals surface area contributed by atoms with Crippen LogP contribution in [0.15, 0.2) is 48.5 Å². The third-order valence-electron chi connectivity index (χ3n) is 5.86. The van der Waals surface area contributed by atoms with E-state index in [9.17, 15) is 4.39 Å².